The van der Waals surface area contributed by atoms with Crippen LogP contribution in [0.2, 0.25) is 0 Å². The maximum Gasteiger partial charge on any atom is 0.318 e. The van der Waals surface area contributed by atoms with Gasteiger partial charge in [-0.1, -0.05) is 0 Å². The molecule has 1 fully saturated rings. The van der Waals surface area contributed by atoms with Crippen molar-refractivity contribution in [3.05, 3.63) is 23.8 Å². The van der Waals surface area contributed by atoms with Gasteiger partial charge < -0.3 is 19.5 Å². The van der Waals surface area contributed by atoms with Crippen molar-refractivity contribution >= 4 is 12.0 Å². The summed E-state index contributed by atoms with van der Waals surface area (Å²) in [5, 5.41) is 5.41. The van der Waals surface area contributed by atoms with E-state index in [-0.39, 0.29) is 0 Å². The zero-order chi connectivity index (χ0) is 15.2. The van der Waals surface area contributed by atoms with Gasteiger partial charge in [0.1, 0.15) is 17.4 Å². The highest BCUT2D eigenvalue weighted by molar-refractivity contribution is 5.84. The predicted molar refractivity (Wildman–Crippen MR) is 71.9 cm³/mol. The van der Waals surface area contributed by atoms with Gasteiger partial charge in [0.2, 0.25) is 0 Å². The number of esters is 1. The van der Waals surface area contributed by atoms with E-state index in [4.69, 9.17) is 14.2 Å². The summed E-state index contributed by atoms with van der Waals surface area (Å²) in [7, 11) is 2.86. The van der Waals surface area contributed by atoms with E-state index in [1.807, 2.05) is 0 Å². The number of ether oxygens (including phenoxy) is 3. The first-order chi connectivity index (χ1) is 9.98. The van der Waals surface area contributed by atoms with Crippen LogP contribution in [0.4, 0.5) is 4.79 Å². The fourth-order valence-electron chi connectivity index (χ4n) is 2.93. The Morgan fingerprint density at radius 1 is 1.38 bits per heavy atom. The molecule has 0 aliphatic carbocycles. The molecule has 0 spiro atoms. The summed E-state index contributed by atoms with van der Waals surface area (Å²) in [6.07, 6.45) is 0. The second-order valence-corrected chi connectivity index (χ2v) is 5.19. The first-order valence-electron chi connectivity index (χ1n) is 6.52. The van der Waals surface area contributed by atoms with E-state index in [9.17, 15) is 9.59 Å². The second kappa shape index (κ2) is 4.54. The number of benzene rings is 1. The summed E-state index contributed by atoms with van der Waals surface area (Å²) in [6, 6.07) is 4.34. The van der Waals surface area contributed by atoms with Gasteiger partial charge in [-0.05, 0) is 25.1 Å². The Balaban J connectivity index is 2.14. The fraction of sp³-hybridized carbons (Fsp3) is 0.429. The van der Waals surface area contributed by atoms with Gasteiger partial charge in [0.25, 0.3) is 0 Å². The third-order valence-electron chi connectivity index (χ3n) is 3.90. The van der Waals surface area contributed by atoms with E-state index >= 15 is 0 Å². The van der Waals surface area contributed by atoms with Crippen molar-refractivity contribution in [1.29, 1.82) is 0 Å². The van der Waals surface area contributed by atoms with E-state index in [1.54, 1.807) is 32.2 Å². The monoisotopic (exact) mass is 292 g/mol. The van der Waals surface area contributed by atoms with Gasteiger partial charge in [-0.25, -0.2) is 4.79 Å². The molecule has 2 heterocycles. The van der Waals surface area contributed by atoms with Crippen molar-refractivity contribution in [2.24, 2.45) is 5.92 Å². The Bertz CT molecular complexity index is 617. The standard InChI is InChI=1S/C14H16N2O5/c1-14-10(12(17)20-3)11(15-13(18)16-14)8-6-7(19-2)4-5-9(8)21-14/h4-6,10-11H,1-3H3,(H2,15,16,18). The summed E-state index contributed by atoms with van der Waals surface area (Å²) in [5.74, 6) is 0.0663. The molecule has 2 N–H and O–H groups in total. The highest BCUT2D eigenvalue weighted by atomic mass is 16.5. The van der Waals surface area contributed by atoms with Gasteiger partial charge >= 0.3 is 12.0 Å². The lowest BCUT2D eigenvalue weighted by atomic mass is 9.80. The third-order valence-corrected chi connectivity index (χ3v) is 3.90. The molecule has 0 aromatic heterocycles. The van der Waals surface area contributed by atoms with Crippen molar-refractivity contribution in [2.75, 3.05) is 14.2 Å². The summed E-state index contributed by atoms with van der Waals surface area (Å²) < 4.78 is 15.9. The Kier molecular flexibility index (Phi) is 2.93. The van der Waals surface area contributed by atoms with Crippen LogP contribution in [0.15, 0.2) is 18.2 Å². The molecule has 2 aliphatic rings. The molecule has 1 saturated heterocycles. The lowest BCUT2D eigenvalue weighted by Crippen LogP contribution is -2.70. The Labute approximate surface area is 121 Å². The van der Waals surface area contributed by atoms with E-state index in [1.165, 1.54) is 7.11 Å². The molecule has 3 rings (SSSR count). The normalized spacial score (nSPS) is 29.4. The van der Waals surface area contributed by atoms with Crippen LogP contribution >= 0.6 is 0 Å². The molecule has 1 aromatic carbocycles. The summed E-state index contributed by atoms with van der Waals surface area (Å²) in [4.78, 5) is 23.9. The van der Waals surface area contributed by atoms with Crippen LogP contribution in [0, 0.1) is 5.92 Å². The quantitative estimate of drug-likeness (QED) is 0.793. The smallest absolute Gasteiger partial charge is 0.318 e. The van der Waals surface area contributed by atoms with Crippen molar-refractivity contribution < 1.29 is 23.8 Å². The summed E-state index contributed by atoms with van der Waals surface area (Å²) in [5.41, 5.74) is -0.459. The number of urea groups is 1. The van der Waals surface area contributed by atoms with Gasteiger partial charge in [0.15, 0.2) is 5.72 Å². The van der Waals surface area contributed by atoms with E-state index in [0.717, 1.165) is 0 Å². The molecule has 3 atom stereocenters. The number of fused-ring (bicyclic) bond motifs is 4. The molecule has 2 aliphatic heterocycles. The molecule has 0 radical (unpaired) electrons. The van der Waals surface area contributed by atoms with Gasteiger partial charge in [0, 0.05) is 5.56 Å². The SMILES string of the molecule is COC(=O)C1C2NC(=O)NC1(C)Oc1ccc(OC)cc12. The Morgan fingerprint density at radius 3 is 2.81 bits per heavy atom. The Hall–Kier alpha value is -2.44. The number of rotatable bonds is 2. The first kappa shape index (κ1) is 13.5. The molecular formula is C14H16N2O5. The highest BCUT2D eigenvalue weighted by Gasteiger charge is 2.56. The van der Waals surface area contributed by atoms with Crippen LogP contribution in [-0.2, 0) is 9.53 Å². The van der Waals surface area contributed by atoms with Crippen molar-refractivity contribution in [3.63, 3.8) is 0 Å². The molecule has 112 valence electrons. The van der Waals surface area contributed by atoms with Crippen molar-refractivity contribution in [3.8, 4) is 11.5 Å². The molecule has 21 heavy (non-hydrogen) atoms. The van der Waals surface area contributed by atoms with Gasteiger partial charge in [-0.2, -0.15) is 0 Å². The highest BCUT2D eigenvalue weighted by Crippen LogP contribution is 2.46. The lowest BCUT2D eigenvalue weighted by Gasteiger charge is -2.48. The van der Waals surface area contributed by atoms with Gasteiger partial charge in [-0.15, -0.1) is 0 Å². The minimum Gasteiger partial charge on any atom is -0.497 e. The number of carbonyl (C=O) groups excluding carboxylic acids is 2. The number of hydrogen-bond acceptors (Lipinski definition) is 5. The predicted octanol–water partition coefficient (Wildman–Crippen LogP) is 0.947. The zero-order valence-electron chi connectivity index (χ0n) is 11.9. The molecule has 2 amide bonds. The molecular weight excluding hydrogens is 276 g/mol. The Morgan fingerprint density at radius 2 is 2.14 bits per heavy atom. The molecule has 3 unspecified atom stereocenters. The first-order valence-corrected chi connectivity index (χ1v) is 6.52. The summed E-state index contributed by atoms with van der Waals surface area (Å²) >= 11 is 0. The maximum atomic E-state index is 12.1. The zero-order valence-corrected chi connectivity index (χ0v) is 11.9. The van der Waals surface area contributed by atoms with Crippen LogP contribution in [0.25, 0.3) is 0 Å². The topological polar surface area (TPSA) is 85.9 Å². The van der Waals surface area contributed by atoms with Crippen LogP contribution in [0.1, 0.15) is 18.5 Å². The average Bonchev–Trinajstić information content (AvgIpc) is 2.45. The average molecular weight is 292 g/mol. The van der Waals surface area contributed by atoms with Gasteiger partial charge in [-0.3, -0.25) is 10.1 Å². The maximum absolute atomic E-state index is 12.1. The van der Waals surface area contributed by atoms with E-state index < -0.39 is 29.7 Å². The van der Waals surface area contributed by atoms with Crippen LogP contribution in [0.3, 0.4) is 0 Å². The minimum atomic E-state index is -1.15. The molecule has 2 bridgehead atoms. The molecule has 7 nitrogen and oxygen atoms in total. The number of carbonyl (C=O) groups is 2. The number of hydrogen-bond donors (Lipinski definition) is 2. The molecule has 7 heteroatoms. The third kappa shape index (κ3) is 1.96. The lowest BCUT2D eigenvalue weighted by molar-refractivity contribution is -0.160. The number of nitrogens with one attached hydrogen (secondary N) is 2. The van der Waals surface area contributed by atoms with E-state index in [0.29, 0.717) is 17.1 Å². The molecule has 1 aromatic rings. The number of amides is 2. The van der Waals surface area contributed by atoms with Crippen LogP contribution in [0.5, 0.6) is 11.5 Å². The minimum absolute atomic E-state index is 0.392. The largest absolute Gasteiger partial charge is 0.497 e. The van der Waals surface area contributed by atoms with Gasteiger partial charge in [0.05, 0.1) is 20.3 Å². The van der Waals surface area contributed by atoms with E-state index in [2.05, 4.69) is 10.6 Å². The van der Waals surface area contributed by atoms with Crippen LogP contribution < -0.4 is 20.1 Å². The summed E-state index contributed by atoms with van der Waals surface area (Å²) in [6.45, 7) is 1.66. The second-order valence-electron chi connectivity index (χ2n) is 5.19. The van der Waals surface area contributed by atoms with Crippen molar-refractivity contribution in [1.82, 2.24) is 10.6 Å². The molecule has 0 saturated carbocycles. The van der Waals surface area contributed by atoms with Crippen LogP contribution in [-0.4, -0.2) is 31.9 Å². The number of methoxy groups -OCH3 is 2. The fourth-order valence-corrected chi connectivity index (χ4v) is 2.93. The van der Waals surface area contributed by atoms with Crippen molar-refractivity contribution in [2.45, 2.75) is 18.7 Å².